The van der Waals surface area contributed by atoms with Gasteiger partial charge < -0.3 is 20.3 Å². The average Bonchev–Trinajstić information content (AvgIpc) is 2.71. The molecule has 0 aliphatic heterocycles. The molecule has 0 bridgehead atoms. The van der Waals surface area contributed by atoms with E-state index >= 15 is 0 Å². The summed E-state index contributed by atoms with van der Waals surface area (Å²) in [7, 11) is 1.69. The molecule has 0 aliphatic carbocycles. The van der Waals surface area contributed by atoms with Crippen molar-refractivity contribution in [3.8, 4) is 11.5 Å². The van der Waals surface area contributed by atoms with Crippen LogP contribution in [0.1, 0.15) is 91.5 Å². The molecule has 180 valence electrons. The first kappa shape index (κ1) is 27.8. The van der Waals surface area contributed by atoms with Crippen molar-refractivity contribution in [2.45, 2.75) is 97.9 Å². The van der Waals surface area contributed by atoms with Gasteiger partial charge in [-0.15, -0.1) is 0 Å². The fraction of sp³-hybridized carbons (Fsp3) is 0.778. The molecule has 0 aromatic heterocycles. The summed E-state index contributed by atoms with van der Waals surface area (Å²) in [5.41, 5.74) is 7.03. The van der Waals surface area contributed by atoms with E-state index in [1.807, 2.05) is 12.1 Å². The number of ether oxygens (including phenoxy) is 2. The molecular weight excluding hydrogens is 386 g/mol. The quantitative estimate of drug-likeness (QED) is 0.279. The molecule has 4 heteroatoms. The van der Waals surface area contributed by atoms with Gasteiger partial charge in [-0.25, -0.2) is 0 Å². The Morgan fingerprint density at radius 2 is 1.65 bits per heavy atom. The van der Waals surface area contributed by atoms with Crippen molar-refractivity contribution < 1.29 is 14.6 Å². The van der Waals surface area contributed by atoms with Gasteiger partial charge in [0.1, 0.15) is 0 Å². The van der Waals surface area contributed by atoms with E-state index in [0.717, 1.165) is 61.2 Å². The van der Waals surface area contributed by atoms with Crippen LogP contribution in [0.15, 0.2) is 18.2 Å². The smallest absolute Gasteiger partial charge is 0.161 e. The lowest BCUT2D eigenvalue weighted by atomic mass is 9.85. The number of benzene rings is 1. The molecule has 0 radical (unpaired) electrons. The monoisotopic (exact) mass is 435 g/mol. The zero-order valence-corrected chi connectivity index (χ0v) is 21.1. The highest BCUT2D eigenvalue weighted by atomic mass is 16.5. The number of nitrogens with two attached hydrogens (primary N) is 1. The highest BCUT2D eigenvalue weighted by Crippen LogP contribution is 2.30. The normalized spacial score (nSPS) is 14.6. The number of aliphatic hydroxyl groups is 1. The Labute approximate surface area is 191 Å². The molecule has 0 fully saturated rings. The summed E-state index contributed by atoms with van der Waals surface area (Å²) >= 11 is 0. The Kier molecular flexibility index (Phi) is 13.2. The number of hydrogen-bond acceptors (Lipinski definition) is 4. The Hall–Kier alpha value is -1.26. The predicted octanol–water partition coefficient (Wildman–Crippen LogP) is 6.38. The topological polar surface area (TPSA) is 64.7 Å². The molecule has 0 heterocycles. The summed E-state index contributed by atoms with van der Waals surface area (Å²) < 4.78 is 11.6. The summed E-state index contributed by atoms with van der Waals surface area (Å²) in [6.07, 6.45) is 9.96. The summed E-state index contributed by atoms with van der Waals surface area (Å²) in [5.74, 6) is 3.66. The molecule has 1 aromatic carbocycles. The average molecular weight is 436 g/mol. The maximum absolute atomic E-state index is 9.73. The van der Waals surface area contributed by atoms with E-state index in [1.54, 1.807) is 7.11 Å². The van der Waals surface area contributed by atoms with Crippen molar-refractivity contribution >= 4 is 0 Å². The lowest BCUT2D eigenvalue weighted by Crippen LogP contribution is -2.45. The van der Waals surface area contributed by atoms with Gasteiger partial charge in [-0.2, -0.15) is 0 Å². The van der Waals surface area contributed by atoms with Gasteiger partial charge in [0.25, 0.3) is 0 Å². The van der Waals surface area contributed by atoms with Crippen LogP contribution in [0, 0.1) is 17.8 Å². The first-order valence-corrected chi connectivity index (χ1v) is 12.4. The summed E-state index contributed by atoms with van der Waals surface area (Å²) in [4.78, 5) is 0. The van der Waals surface area contributed by atoms with E-state index < -0.39 is 5.54 Å². The van der Waals surface area contributed by atoms with Crippen LogP contribution in [-0.4, -0.2) is 31.0 Å². The number of aliphatic hydroxyl groups excluding tert-OH is 1. The third-order valence-electron chi connectivity index (χ3n) is 6.10. The molecule has 0 spiro atoms. The standard InChI is InChI=1S/C27H49NO3/c1-21(2)10-9-12-23(5)11-7-8-17-31-25-14-13-24(18-26(25)30-6)15-16-27(28,20-29)19-22(3)4/h13-14,18,21-23,29H,7-12,15-17,19-20,28H2,1-6H3. The summed E-state index contributed by atoms with van der Waals surface area (Å²) in [6, 6.07) is 6.13. The highest BCUT2D eigenvalue weighted by Gasteiger charge is 2.25. The number of unbranched alkanes of at least 4 members (excludes halogenated alkanes) is 1. The van der Waals surface area contributed by atoms with Crippen LogP contribution in [0.25, 0.3) is 0 Å². The third kappa shape index (κ3) is 11.8. The van der Waals surface area contributed by atoms with Crippen LogP contribution < -0.4 is 15.2 Å². The lowest BCUT2D eigenvalue weighted by molar-refractivity contribution is 0.165. The summed E-state index contributed by atoms with van der Waals surface area (Å²) in [5, 5.41) is 9.73. The van der Waals surface area contributed by atoms with E-state index in [2.05, 4.69) is 40.7 Å². The van der Waals surface area contributed by atoms with Gasteiger partial charge in [-0.1, -0.05) is 66.4 Å². The molecule has 4 nitrogen and oxygen atoms in total. The molecule has 0 amide bonds. The zero-order chi connectivity index (χ0) is 23.3. The Bertz CT molecular complexity index is 602. The van der Waals surface area contributed by atoms with E-state index in [4.69, 9.17) is 15.2 Å². The van der Waals surface area contributed by atoms with E-state index in [1.165, 1.54) is 32.1 Å². The van der Waals surface area contributed by atoms with Gasteiger partial charge >= 0.3 is 0 Å². The highest BCUT2D eigenvalue weighted by molar-refractivity contribution is 5.43. The van der Waals surface area contributed by atoms with Gasteiger partial charge in [0.05, 0.1) is 20.3 Å². The van der Waals surface area contributed by atoms with Crippen molar-refractivity contribution in [3.05, 3.63) is 23.8 Å². The SMILES string of the molecule is COc1cc(CCC(N)(CO)CC(C)C)ccc1OCCCCC(C)CCCC(C)C. The second-order valence-electron chi connectivity index (χ2n) is 10.4. The number of aryl methyl sites for hydroxylation is 1. The fourth-order valence-electron chi connectivity index (χ4n) is 4.23. The summed E-state index contributed by atoms with van der Waals surface area (Å²) in [6.45, 7) is 12.0. The third-order valence-corrected chi connectivity index (χ3v) is 6.10. The Balaban J connectivity index is 2.42. The number of hydrogen-bond donors (Lipinski definition) is 2. The predicted molar refractivity (Wildman–Crippen MR) is 132 cm³/mol. The van der Waals surface area contributed by atoms with Crippen LogP contribution in [0.3, 0.4) is 0 Å². The first-order valence-electron chi connectivity index (χ1n) is 12.4. The Morgan fingerprint density at radius 3 is 2.26 bits per heavy atom. The van der Waals surface area contributed by atoms with Crippen molar-refractivity contribution in [2.24, 2.45) is 23.5 Å². The molecule has 31 heavy (non-hydrogen) atoms. The maximum Gasteiger partial charge on any atom is 0.161 e. The van der Waals surface area contributed by atoms with Gasteiger partial charge in [0, 0.05) is 5.54 Å². The molecular formula is C27H49NO3. The molecule has 2 unspecified atom stereocenters. The first-order chi connectivity index (χ1) is 14.7. The number of rotatable bonds is 17. The molecule has 0 saturated heterocycles. The van der Waals surface area contributed by atoms with E-state index in [0.29, 0.717) is 5.92 Å². The van der Waals surface area contributed by atoms with Crippen molar-refractivity contribution in [1.82, 2.24) is 0 Å². The second kappa shape index (κ2) is 14.7. The zero-order valence-electron chi connectivity index (χ0n) is 21.1. The second-order valence-corrected chi connectivity index (χ2v) is 10.4. The minimum atomic E-state index is -0.525. The van der Waals surface area contributed by atoms with Crippen LogP contribution in [-0.2, 0) is 6.42 Å². The largest absolute Gasteiger partial charge is 0.493 e. The van der Waals surface area contributed by atoms with Gasteiger partial charge in [-0.05, 0) is 67.6 Å². The lowest BCUT2D eigenvalue weighted by Gasteiger charge is -2.29. The molecule has 0 aliphatic rings. The minimum absolute atomic E-state index is 0.0137. The Morgan fingerprint density at radius 1 is 0.935 bits per heavy atom. The fourth-order valence-corrected chi connectivity index (χ4v) is 4.23. The maximum atomic E-state index is 9.73. The van der Waals surface area contributed by atoms with Crippen LogP contribution in [0.4, 0.5) is 0 Å². The van der Waals surface area contributed by atoms with E-state index in [-0.39, 0.29) is 6.61 Å². The van der Waals surface area contributed by atoms with Crippen molar-refractivity contribution in [3.63, 3.8) is 0 Å². The molecule has 1 rings (SSSR count). The minimum Gasteiger partial charge on any atom is -0.493 e. The van der Waals surface area contributed by atoms with Crippen LogP contribution in [0.5, 0.6) is 11.5 Å². The number of methoxy groups -OCH3 is 1. The van der Waals surface area contributed by atoms with Crippen molar-refractivity contribution in [2.75, 3.05) is 20.3 Å². The molecule has 1 aromatic rings. The van der Waals surface area contributed by atoms with Crippen LogP contribution >= 0.6 is 0 Å². The molecule has 3 N–H and O–H groups in total. The van der Waals surface area contributed by atoms with Gasteiger partial charge in [0.2, 0.25) is 0 Å². The van der Waals surface area contributed by atoms with Gasteiger partial charge in [-0.3, -0.25) is 0 Å². The molecule has 0 saturated carbocycles. The van der Waals surface area contributed by atoms with Crippen molar-refractivity contribution in [1.29, 1.82) is 0 Å². The van der Waals surface area contributed by atoms with Gasteiger partial charge in [0.15, 0.2) is 11.5 Å². The van der Waals surface area contributed by atoms with E-state index in [9.17, 15) is 5.11 Å². The molecule has 2 atom stereocenters. The van der Waals surface area contributed by atoms with Crippen LogP contribution in [0.2, 0.25) is 0 Å².